The molecule has 0 aliphatic carbocycles. The molecule has 3 heteroatoms. The van der Waals surface area contributed by atoms with Gasteiger partial charge in [0.05, 0.1) is 12.4 Å². The molecule has 0 bridgehead atoms. The number of hydrogen-bond acceptors (Lipinski definition) is 3. The minimum absolute atomic E-state index is 0.0302. The summed E-state index contributed by atoms with van der Waals surface area (Å²) >= 11 is 0. The van der Waals surface area contributed by atoms with Gasteiger partial charge in [0.1, 0.15) is 5.58 Å². The van der Waals surface area contributed by atoms with Gasteiger partial charge in [-0.05, 0) is 18.9 Å². The number of furan rings is 1. The first-order valence-electron chi connectivity index (χ1n) is 6.08. The van der Waals surface area contributed by atoms with Crippen LogP contribution in [0.15, 0.2) is 34.9 Å². The summed E-state index contributed by atoms with van der Waals surface area (Å²) in [7, 11) is 0. The summed E-state index contributed by atoms with van der Waals surface area (Å²) in [5.41, 5.74) is 1.95. The molecule has 2 unspecified atom stereocenters. The molecule has 3 rings (SSSR count). The van der Waals surface area contributed by atoms with E-state index in [0.717, 1.165) is 36.0 Å². The summed E-state index contributed by atoms with van der Waals surface area (Å²) in [6.07, 6.45) is 3.78. The molecular weight excluding hydrogens is 216 g/mol. The lowest BCUT2D eigenvalue weighted by Crippen LogP contribution is -2.25. The van der Waals surface area contributed by atoms with Crippen LogP contribution in [0.25, 0.3) is 11.0 Å². The van der Waals surface area contributed by atoms with Crippen molar-refractivity contribution < 1.29 is 14.3 Å². The molecule has 0 radical (unpaired) electrons. The van der Waals surface area contributed by atoms with Crippen molar-refractivity contribution in [2.75, 3.05) is 13.2 Å². The third-order valence-corrected chi connectivity index (χ3v) is 3.50. The number of hydrogen-bond donors (Lipinski definition) is 1. The van der Waals surface area contributed by atoms with Crippen LogP contribution in [0.1, 0.15) is 24.5 Å². The van der Waals surface area contributed by atoms with Crippen LogP contribution >= 0.6 is 0 Å². The van der Waals surface area contributed by atoms with E-state index in [-0.39, 0.29) is 18.6 Å². The van der Waals surface area contributed by atoms with E-state index in [1.54, 1.807) is 6.26 Å². The maximum atomic E-state index is 9.42. The fourth-order valence-corrected chi connectivity index (χ4v) is 2.59. The quantitative estimate of drug-likeness (QED) is 0.865. The summed E-state index contributed by atoms with van der Waals surface area (Å²) in [5.74, 6) is 0.185. The van der Waals surface area contributed by atoms with Crippen molar-refractivity contribution in [3.8, 4) is 0 Å². The molecule has 1 fully saturated rings. The standard InChI is InChI=1S/C14H16O3/c15-8-10-4-3-7-16-14(10)12-9-17-13-6-2-1-5-11(12)13/h1-2,5-6,9-10,14-15H,3-4,7-8H2. The topological polar surface area (TPSA) is 42.6 Å². The Hall–Kier alpha value is -1.32. The highest BCUT2D eigenvalue weighted by atomic mass is 16.5. The number of para-hydroxylation sites is 1. The highest BCUT2D eigenvalue weighted by Gasteiger charge is 2.29. The number of aliphatic hydroxyl groups excluding tert-OH is 1. The Kier molecular flexibility index (Phi) is 2.87. The molecule has 2 heterocycles. The van der Waals surface area contributed by atoms with E-state index in [9.17, 15) is 5.11 Å². The lowest BCUT2D eigenvalue weighted by molar-refractivity contribution is -0.0452. The summed E-state index contributed by atoms with van der Waals surface area (Å²) in [6, 6.07) is 7.95. The molecule has 1 N–H and O–H groups in total. The number of rotatable bonds is 2. The van der Waals surface area contributed by atoms with Gasteiger partial charge in [-0.25, -0.2) is 0 Å². The van der Waals surface area contributed by atoms with Gasteiger partial charge in [-0.15, -0.1) is 0 Å². The van der Waals surface area contributed by atoms with E-state index in [2.05, 4.69) is 0 Å². The molecule has 1 saturated heterocycles. The van der Waals surface area contributed by atoms with Crippen LogP contribution in [0, 0.1) is 5.92 Å². The molecule has 1 aliphatic rings. The molecule has 90 valence electrons. The molecular formula is C14H16O3. The van der Waals surface area contributed by atoms with Gasteiger partial charge in [0, 0.05) is 30.1 Å². The maximum absolute atomic E-state index is 9.42. The molecule has 1 aliphatic heterocycles. The van der Waals surface area contributed by atoms with E-state index in [4.69, 9.17) is 9.15 Å². The normalized spacial score (nSPS) is 25.2. The Labute approximate surface area is 100.0 Å². The van der Waals surface area contributed by atoms with E-state index >= 15 is 0 Å². The van der Waals surface area contributed by atoms with Crippen molar-refractivity contribution in [1.29, 1.82) is 0 Å². The van der Waals surface area contributed by atoms with Crippen LogP contribution in [0.4, 0.5) is 0 Å². The van der Waals surface area contributed by atoms with Gasteiger partial charge in [-0.1, -0.05) is 18.2 Å². The Balaban J connectivity index is 2.01. The summed E-state index contributed by atoms with van der Waals surface area (Å²) in [4.78, 5) is 0. The highest BCUT2D eigenvalue weighted by Crippen LogP contribution is 2.37. The van der Waals surface area contributed by atoms with Crippen LogP contribution in [-0.4, -0.2) is 18.3 Å². The predicted octanol–water partition coefficient (Wildman–Crippen LogP) is 2.89. The number of aliphatic hydroxyl groups is 1. The van der Waals surface area contributed by atoms with Crippen LogP contribution < -0.4 is 0 Å². The molecule has 1 aromatic carbocycles. The van der Waals surface area contributed by atoms with E-state index in [1.165, 1.54) is 0 Å². The lowest BCUT2D eigenvalue weighted by atomic mass is 9.90. The molecule has 0 spiro atoms. The summed E-state index contributed by atoms with van der Waals surface area (Å²) in [6.45, 7) is 0.935. The minimum atomic E-state index is -0.0302. The average Bonchev–Trinajstić information content (AvgIpc) is 2.82. The van der Waals surface area contributed by atoms with Crippen molar-refractivity contribution in [2.45, 2.75) is 18.9 Å². The first kappa shape index (κ1) is 10.8. The third kappa shape index (κ3) is 1.85. The van der Waals surface area contributed by atoms with Gasteiger partial charge in [-0.2, -0.15) is 0 Å². The first-order valence-corrected chi connectivity index (χ1v) is 6.08. The van der Waals surface area contributed by atoms with Crippen LogP contribution in [0.5, 0.6) is 0 Å². The maximum Gasteiger partial charge on any atom is 0.134 e. The fourth-order valence-electron chi connectivity index (χ4n) is 2.59. The van der Waals surface area contributed by atoms with Crippen molar-refractivity contribution in [3.63, 3.8) is 0 Å². The lowest BCUT2D eigenvalue weighted by Gasteiger charge is -2.30. The van der Waals surface area contributed by atoms with Gasteiger partial charge in [0.25, 0.3) is 0 Å². The van der Waals surface area contributed by atoms with E-state index < -0.39 is 0 Å². The van der Waals surface area contributed by atoms with Crippen LogP contribution in [0.3, 0.4) is 0 Å². The second-order valence-corrected chi connectivity index (χ2v) is 4.56. The van der Waals surface area contributed by atoms with Gasteiger partial charge in [0.2, 0.25) is 0 Å². The van der Waals surface area contributed by atoms with Gasteiger partial charge in [-0.3, -0.25) is 0 Å². The molecule has 3 nitrogen and oxygen atoms in total. The van der Waals surface area contributed by atoms with Crippen molar-refractivity contribution in [3.05, 3.63) is 36.1 Å². The summed E-state index contributed by atoms with van der Waals surface area (Å²) < 4.78 is 11.3. The minimum Gasteiger partial charge on any atom is -0.464 e. The Morgan fingerprint density at radius 3 is 3.06 bits per heavy atom. The molecule has 2 atom stereocenters. The Morgan fingerprint density at radius 2 is 2.18 bits per heavy atom. The largest absolute Gasteiger partial charge is 0.464 e. The summed E-state index contributed by atoms with van der Waals surface area (Å²) in [5, 5.41) is 10.5. The fraction of sp³-hybridized carbons (Fsp3) is 0.429. The smallest absolute Gasteiger partial charge is 0.134 e. The molecule has 17 heavy (non-hydrogen) atoms. The van der Waals surface area contributed by atoms with Gasteiger partial charge in [0.15, 0.2) is 0 Å². The zero-order valence-corrected chi connectivity index (χ0v) is 9.63. The zero-order valence-electron chi connectivity index (χ0n) is 9.63. The molecule has 1 aromatic heterocycles. The number of benzene rings is 1. The van der Waals surface area contributed by atoms with E-state index in [1.807, 2.05) is 24.3 Å². The SMILES string of the molecule is OCC1CCCOC1c1coc2ccccc12. The molecule has 0 amide bonds. The Bertz CT molecular complexity index is 503. The third-order valence-electron chi connectivity index (χ3n) is 3.50. The molecule has 2 aromatic rings. The van der Waals surface area contributed by atoms with Gasteiger partial charge >= 0.3 is 0 Å². The number of ether oxygens (including phenoxy) is 1. The van der Waals surface area contributed by atoms with Crippen LogP contribution in [-0.2, 0) is 4.74 Å². The predicted molar refractivity (Wildman–Crippen MR) is 64.7 cm³/mol. The zero-order chi connectivity index (χ0) is 11.7. The molecule has 0 saturated carbocycles. The second kappa shape index (κ2) is 4.51. The first-order chi connectivity index (χ1) is 8.40. The van der Waals surface area contributed by atoms with Crippen LogP contribution in [0.2, 0.25) is 0 Å². The van der Waals surface area contributed by atoms with Crippen molar-refractivity contribution in [1.82, 2.24) is 0 Å². The van der Waals surface area contributed by atoms with Gasteiger partial charge < -0.3 is 14.3 Å². The monoisotopic (exact) mass is 232 g/mol. The van der Waals surface area contributed by atoms with Crippen molar-refractivity contribution >= 4 is 11.0 Å². The average molecular weight is 232 g/mol. The van der Waals surface area contributed by atoms with Crippen molar-refractivity contribution in [2.24, 2.45) is 5.92 Å². The number of fused-ring (bicyclic) bond motifs is 1. The highest BCUT2D eigenvalue weighted by molar-refractivity contribution is 5.81. The van der Waals surface area contributed by atoms with E-state index in [0.29, 0.717) is 0 Å². The Morgan fingerprint density at radius 1 is 1.29 bits per heavy atom. The second-order valence-electron chi connectivity index (χ2n) is 4.56.